The van der Waals surface area contributed by atoms with E-state index < -0.39 is 0 Å². The maximum absolute atomic E-state index is 2.53. The van der Waals surface area contributed by atoms with Crippen molar-refractivity contribution in [3.63, 3.8) is 0 Å². The molecule has 0 heterocycles. The van der Waals surface area contributed by atoms with Gasteiger partial charge in [-0.15, -0.1) is 0 Å². The van der Waals surface area contributed by atoms with Crippen LogP contribution in [0, 0.1) is 12.8 Å². The summed E-state index contributed by atoms with van der Waals surface area (Å²) in [4.78, 5) is 2.53. The Morgan fingerprint density at radius 1 is 0.880 bits per heavy atom. The summed E-state index contributed by atoms with van der Waals surface area (Å²) >= 11 is 0. The highest BCUT2D eigenvalue weighted by atomic mass is 15.2. The molecule has 0 saturated heterocycles. The summed E-state index contributed by atoms with van der Waals surface area (Å²) in [5.74, 6) is 0.816. The Kier molecular flexibility index (Phi) is 5.64. The van der Waals surface area contributed by atoms with Crippen LogP contribution in [0.15, 0.2) is 48.5 Å². The molecule has 0 spiro atoms. The highest BCUT2D eigenvalue weighted by Gasteiger charge is 2.47. The van der Waals surface area contributed by atoms with Gasteiger partial charge in [0, 0.05) is 5.54 Å². The minimum atomic E-state index is 0.232. The van der Waals surface area contributed by atoms with Crippen LogP contribution in [0.25, 0.3) is 0 Å². The van der Waals surface area contributed by atoms with Gasteiger partial charge in [0.15, 0.2) is 0 Å². The second kappa shape index (κ2) is 7.74. The minimum absolute atomic E-state index is 0.232. The largest absolute Gasteiger partial charge is 0.303 e. The smallest absolute Gasteiger partial charge is 0.0312 e. The zero-order chi connectivity index (χ0) is 17.9. The van der Waals surface area contributed by atoms with Gasteiger partial charge in [0.25, 0.3) is 0 Å². The van der Waals surface area contributed by atoms with Crippen molar-refractivity contribution in [2.75, 3.05) is 14.1 Å². The van der Waals surface area contributed by atoms with E-state index in [0.29, 0.717) is 0 Å². The van der Waals surface area contributed by atoms with E-state index in [1.54, 1.807) is 11.1 Å². The highest BCUT2D eigenvalue weighted by molar-refractivity contribution is 5.33. The van der Waals surface area contributed by atoms with Gasteiger partial charge in [-0.1, -0.05) is 61.9 Å². The lowest BCUT2D eigenvalue weighted by Crippen LogP contribution is -2.50. The first-order valence-electron chi connectivity index (χ1n) is 9.85. The van der Waals surface area contributed by atoms with E-state index in [9.17, 15) is 0 Å². The fraction of sp³-hybridized carbons (Fsp3) is 0.500. The molecule has 0 radical (unpaired) electrons. The predicted molar refractivity (Wildman–Crippen MR) is 108 cm³/mol. The summed E-state index contributed by atoms with van der Waals surface area (Å²) in [5.41, 5.74) is 6.27. The predicted octanol–water partition coefficient (Wildman–Crippen LogP) is 5.44. The summed E-state index contributed by atoms with van der Waals surface area (Å²) in [7, 11) is 4.58. The minimum Gasteiger partial charge on any atom is -0.303 e. The first-order chi connectivity index (χ1) is 12.1. The fourth-order valence-electron chi connectivity index (χ4n) is 4.36. The second-order valence-corrected chi connectivity index (χ2v) is 8.07. The number of likely N-dealkylation sites (N-methyl/N-ethyl adjacent to an activating group) is 1. The number of aryl methyl sites for hydroxylation is 2. The van der Waals surface area contributed by atoms with E-state index in [0.717, 1.165) is 18.8 Å². The molecule has 3 rings (SSSR count). The van der Waals surface area contributed by atoms with Crippen LogP contribution >= 0.6 is 0 Å². The molecule has 134 valence electrons. The number of nitrogens with zero attached hydrogens (tertiary/aromatic N) is 1. The zero-order valence-corrected chi connectivity index (χ0v) is 16.4. The van der Waals surface area contributed by atoms with Gasteiger partial charge in [-0.25, -0.2) is 0 Å². The van der Waals surface area contributed by atoms with Crippen molar-refractivity contribution >= 4 is 0 Å². The Balaban J connectivity index is 1.97. The van der Waals surface area contributed by atoms with E-state index in [1.165, 1.54) is 36.8 Å². The molecule has 0 aromatic heterocycles. The summed E-state index contributed by atoms with van der Waals surface area (Å²) < 4.78 is 0. The van der Waals surface area contributed by atoms with Crippen LogP contribution in [0.3, 0.4) is 0 Å². The van der Waals surface area contributed by atoms with Gasteiger partial charge < -0.3 is 4.90 Å². The molecule has 2 aromatic carbocycles. The number of rotatable bonds is 8. The van der Waals surface area contributed by atoms with E-state index in [4.69, 9.17) is 0 Å². The van der Waals surface area contributed by atoms with Crippen LogP contribution in [0.4, 0.5) is 0 Å². The van der Waals surface area contributed by atoms with Gasteiger partial charge in [-0.05, 0) is 81.3 Å². The molecule has 1 unspecified atom stereocenters. The van der Waals surface area contributed by atoms with Gasteiger partial charge in [0.05, 0.1) is 0 Å². The summed E-state index contributed by atoms with van der Waals surface area (Å²) in [6.45, 7) is 4.54. The van der Waals surface area contributed by atoms with E-state index >= 15 is 0 Å². The van der Waals surface area contributed by atoms with Gasteiger partial charge in [-0.3, -0.25) is 0 Å². The molecule has 25 heavy (non-hydrogen) atoms. The molecule has 0 aliphatic heterocycles. The van der Waals surface area contributed by atoms with Crippen LogP contribution in [0.2, 0.25) is 0 Å². The summed E-state index contributed by atoms with van der Waals surface area (Å²) in [6, 6.07) is 18.1. The lowest BCUT2D eigenvalue weighted by molar-refractivity contribution is 0.121. The standard InChI is InChI=1S/C24H33N/c1-5-10-20-12-8-9-14-22(20)18-24(25(3)4,23-15-16-23)17-21-13-7-6-11-19(21)2/h6-9,11-14,23H,5,10,15-18H2,1-4H3. The Hall–Kier alpha value is -1.60. The molecule has 1 atom stereocenters. The van der Waals surface area contributed by atoms with E-state index in [1.807, 2.05) is 0 Å². The van der Waals surface area contributed by atoms with Gasteiger partial charge in [0.2, 0.25) is 0 Å². The van der Waals surface area contributed by atoms with Crippen molar-refractivity contribution in [3.05, 3.63) is 70.8 Å². The molecule has 0 amide bonds. The third-order valence-electron chi connectivity index (χ3n) is 6.12. The zero-order valence-electron chi connectivity index (χ0n) is 16.4. The number of hydrogen-bond acceptors (Lipinski definition) is 1. The molecule has 1 saturated carbocycles. The first-order valence-corrected chi connectivity index (χ1v) is 9.85. The van der Waals surface area contributed by atoms with Crippen LogP contribution in [0.1, 0.15) is 48.4 Å². The average molecular weight is 336 g/mol. The van der Waals surface area contributed by atoms with Crippen molar-refractivity contribution in [1.29, 1.82) is 0 Å². The molecule has 2 aromatic rings. The van der Waals surface area contributed by atoms with E-state index in [2.05, 4.69) is 81.4 Å². The van der Waals surface area contributed by atoms with Gasteiger partial charge in [0.1, 0.15) is 0 Å². The quantitative estimate of drug-likeness (QED) is 0.620. The Bertz CT molecular complexity index is 695. The Labute approximate surface area is 154 Å². The van der Waals surface area contributed by atoms with Crippen LogP contribution < -0.4 is 0 Å². The molecule has 1 aliphatic rings. The van der Waals surface area contributed by atoms with Crippen molar-refractivity contribution < 1.29 is 0 Å². The number of hydrogen-bond donors (Lipinski definition) is 0. The van der Waals surface area contributed by atoms with Crippen molar-refractivity contribution in [2.45, 2.75) is 57.9 Å². The molecule has 1 aliphatic carbocycles. The van der Waals surface area contributed by atoms with Crippen molar-refractivity contribution in [3.8, 4) is 0 Å². The second-order valence-electron chi connectivity index (χ2n) is 8.07. The summed E-state index contributed by atoms with van der Waals surface area (Å²) in [5, 5.41) is 0. The fourth-order valence-corrected chi connectivity index (χ4v) is 4.36. The average Bonchev–Trinajstić information content (AvgIpc) is 3.43. The molecule has 0 bridgehead atoms. The molecule has 1 fully saturated rings. The third kappa shape index (κ3) is 3.98. The Morgan fingerprint density at radius 3 is 2.00 bits per heavy atom. The SMILES string of the molecule is CCCc1ccccc1CC(Cc1ccccc1C)(C1CC1)N(C)C. The highest BCUT2D eigenvalue weighted by Crippen LogP contribution is 2.46. The van der Waals surface area contributed by atoms with Crippen LogP contribution in [0.5, 0.6) is 0 Å². The lowest BCUT2D eigenvalue weighted by Gasteiger charge is -2.42. The van der Waals surface area contributed by atoms with Crippen LogP contribution in [-0.2, 0) is 19.3 Å². The number of benzene rings is 2. The van der Waals surface area contributed by atoms with Crippen molar-refractivity contribution in [2.24, 2.45) is 5.92 Å². The third-order valence-corrected chi connectivity index (χ3v) is 6.12. The maximum Gasteiger partial charge on any atom is 0.0312 e. The normalized spacial score (nSPS) is 16.8. The molecule has 1 nitrogen and oxygen atoms in total. The maximum atomic E-state index is 2.53. The van der Waals surface area contributed by atoms with Gasteiger partial charge >= 0.3 is 0 Å². The molecular formula is C24H33N. The van der Waals surface area contributed by atoms with Crippen molar-refractivity contribution in [1.82, 2.24) is 4.90 Å². The molecule has 1 heteroatoms. The topological polar surface area (TPSA) is 3.24 Å². The lowest BCUT2D eigenvalue weighted by atomic mass is 9.77. The Morgan fingerprint density at radius 2 is 1.44 bits per heavy atom. The van der Waals surface area contributed by atoms with E-state index in [-0.39, 0.29) is 5.54 Å². The molecular weight excluding hydrogens is 302 g/mol. The van der Waals surface area contributed by atoms with Crippen LogP contribution in [-0.4, -0.2) is 24.5 Å². The van der Waals surface area contributed by atoms with Gasteiger partial charge in [-0.2, -0.15) is 0 Å². The molecule has 0 N–H and O–H groups in total. The first kappa shape index (κ1) is 18.2. The monoisotopic (exact) mass is 335 g/mol. The summed E-state index contributed by atoms with van der Waals surface area (Å²) in [6.07, 6.45) is 7.47.